The first-order valence-electron chi connectivity index (χ1n) is 5.71. The lowest BCUT2D eigenvalue weighted by Gasteiger charge is -2.28. The van der Waals surface area contributed by atoms with E-state index in [9.17, 15) is 8.42 Å². The second-order valence-electron chi connectivity index (χ2n) is 4.39. The van der Waals surface area contributed by atoms with Crippen LogP contribution in [0.2, 0.25) is 0 Å². The first-order chi connectivity index (χ1) is 8.00. The molecule has 1 fully saturated rings. The highest BCUT2D eigenvalue weighted by atomic mass is 35.5. The minimum atomic E-state index is -3.33. The summed E-state index contributed by atoms with van der Waals surface area (Å²) in [6, 6.07) is 6.97. The van der Waals surface area contributed by atoms with Gasteiger partial charge >= 0.3 is 0 Å². The molecule has 0 aromatic heterocycles. The van der Waals surface area contributed by atoms with Gasteiger partial charge in [-0.3, -0.25) is 0 Å². The first-order valence-corrected chi connectivity index (χ1v) is 7.59. The quantitative estimate of drug-likeness (QED) is 0.776. The van der Waals surface area contributed by atoms with Gasteiger partial charge in [0.15, 0.2) is 0 Å². The van der Waals surface area contributed by atoms with Crippen LogP contribution in [0.5, 0.6) is 0 Å². The van der Waals surface area contributed by atoms with Crippen molar-refractivity contribution in [1.82, 2.24) is 4.31 Å². The Kier molecular flexibility index (Phi) is 3.76. The largest absolute Gasteiger partial charge is 0.243 e. The number of rotatable bonds is 2. The smallest absolute Gasteiger partial charge is 0.207 e. The second kappa shape index (κ2) is 4.96. The van der Waals surface area contributed by atoms with Gasteiger partial charge in [0.05, 0.1) is 4.90 Å². The van der Waals surface area contributed by atoms with E-state index in [2.05, 4.69) is 0 Å². The lowest BCUT2D eigenvalue weighted by Crippen LogP contribution is -2.38. The second-order valence-corrected chi connectivity index (χ2v) is 6.95. The maximum atomic E-state index is 12.3. The predicted molar refractivity (Wildman–Crippen MR) is 68.8 cm³/mol. The van der Waals surface area contributed by atoms with E-state index in [-0.39, 0.29) is 5.38 Å². The summed E-state index contributed by atoms with van der Waals surface area (Å²) in [5.41, 5.74) is 1.06. The average molecular weight is 274 g/mol. The van der Waals surface area contributed by atoms with E-state index < -0.39 is 10.0 Å². The molecular weight excluding hydrogens is 258 g/mol. The van der Waals surface area contributed by atoms with Crippen molar-refractivity contribution in [1.29, 1.82) is 0 Å². The van der Waals surface area contributed by atoms with Crippen LogP contribution in [-0.4, -0.2) is 31.2 Å². The minimum absolute atomic E-state index is 0.111. The fourth-order valence-corrected chi connectivity index (χ4v) is 3.59. The Morgan fingerprint density at radius 3 is 2.24 bits per heavy atom. The van der Waals surface area contributed by atoms with E-state index in [0.29, 0.717) is 18.0 Å². The molecule has 2 rings (SSSR count). The Labute approximate surface area is 107 Å². The van der Waals surface area contributed by atoms with Gasteiger partial charge in [0.2, 0.25) is 10.0 Å². The third-order valence-electron chi connectivity index (χ3n) is 3.04. The molecule has 1 heterocycles. The van der Waals surface area contributed by atoms with E-state index in [4.69, 9.17) is 11.6 Å². The number of nitrogens with zero attached hydrogens (tertiary/aromatic N) is 1. The standard InChI is InChI=1S/C12H16ClNO2S/c1-10-2-4-12(5-3-10)17(15,16)14-8-6-11(13)7-9-14/h2-5,11H,6-9H2,1H3. The van der Waals surface area contributed by atoms with Gasteiger partial charge in [-0.15, -0.1) is 11.6 Å². The van der Waals surface area contributed by atoms with Crippen molar-refractivity contribution in [2.75, 3.05) is 13.1 Å². The van der Waals surface area contributed by atoms with Crippen molar-refractivity contribution in [3.8, 4) is 0 Å². The maximum absolute atomic E-state index is 12.3. The van der Waals surface area contributed by atoms with E-state index in [0.717, 1.165) is 18.4 Å². The third kappa shape index (κ3) is 2.81. The van der Waals surface area contributed by atoms with Gasteiger partial charge in [-0.2, -0.15) is 4.31 Å². The van der Waals surface area contributed by atoms with Gasteiger partial charge in [-0.05, 0) is 31.9 Å². The Balaban J connectivity index is 2.21. The molecule has 94 valence electrons. The fourth-order valence-electron chi connectivity index (χ4n) is 1.92. The molecule has 0 saturated carbocycles. The number of hydrogen-bond donors (Lipinski definition) is 0. The van der Waals surface area contributed by atoms with E-state index >= 15 is 0 Å². The Morgan fingerprint density at radius 1 is 1.18 bits per heavy atom. The normalized spacial score (nSPS) is 19.4. The van der Waals surface area contributed by atoms with Crippen LogP contribution in [0, 0.1) is 6.92 Å². The summed E-state index contributed by atoms with van der Waals surface area (Å²) in [6.45, 7) is 2.98. The molecular formula is C12H16ClNO2S. The maximum Gasteiger partial charge on any atom is 0.243 e. The summed E-state index contributed by atoms with van der Waals surface area (Å²) in [5, 5.41) is 0.111. The number of aryl methyl sites for hydroxylation is 1. The van der Waals surface area contributed by atoms with Crippen LogP contribution < -0.4 is 0 Å². The molecule has 0 radical (unpaired) electrons. The molecule has 0 spiro atoms. The summed E-state index contributed by atoms with van der Waals surface area (Å²) in [5.74, 6) is 0. The number of alkyl halides is 1. The average Bonchev–Trinajstić information content (AvgIpc) is 2.30. The summed E-state index contributed by atoms with van der Waals surface area (Å²) in [6.07, 6.45) is 1.46. The zero-order valence-electron chi connectivity index (χ0n) is 9.77. The molecule has 3 nitrogen and oxygen atoms in total. The number of benzene rings is 1. The van der Waals surface area contributed by atoms with Crippen LogP contribution in [0.15, 0.2) is 29.2 Å². The summed E-state index contributed by atoms with van der Waals surface area (Å²) in [4.78, 5) is 0.371. The molecule has 0 bridgehead atoms. The molecule has 0 aliphatic carbocycles. The number of hydrogen-bond acceptors (Lipinski definition) is 2. The predicted octanol–water partition coefficient (Wildman–Crippen LogP) is 2.39. The minimum Gasteiger partial charge on any atom is -0.207 e. The zero-order chi connectivity index (χ0) is 12.5. The van der Waals surface area contributed by atoms with Gasteiger partial charge in [-0.1, -0.05) is 17.7 Å². The van der Waals surface area contributed by atoms with Crippen LogP contribution in [0.25, 0.3) is 0 Å². The zero-order valence-corrected chi connectivity index (χ0v) is 11.3. The first kappa shape index (κ1) is 12.9. The van der Waals surface area contributed by atoms with Gasteiger partial charge in [0.25, 0.3) is 0 Å². The van der Waals surface area contributed by atoms with Gasteiger partial charge < -0.3 is 0 Å². The van der Waals surface area contributed by atoms with Crippen LogP contribution >= 0.6 is 11.6 Å². The SMILES string of the molecule is Cc1ccc(S(=O)(=O)N2CCC(Cl)CC2)cc1. The molecule has 1 aromatic rings. The Hall–Kier alpha value is -0.580. The lowest BCUT2D eigenvalue weighted by atomic mass is 10.2. The van der Waals surface area contributed by atoms with Crippen LogP contribution in [-0.2, 0) is 10.0 Å². The lowest BCUT2D eigenvalue weighted by molar-refractivity contribution is 0.350. The number of piperidine rings is 1. The topological polar surface area (TPSA) is 37.4 Å². The van der Waals surface area contributed by atoms with Crippen molar-refractivity contribution in [3.05, 3.63) is 29.8 Å². The molecule has 1 aromatic carbocycles. The molecule has 1 aliphatic rings. The van der Waals surface area contributed by atoms with Crippen molar-refractivity contribution >= 4 is 21.6 Å². The molecule has 17 heavy (non-hydrogen) atoms. The fraction of sp³-hybridized carbons (Fsp3) is 0.500. The summed E-state index contributed by atoms with van der Waals surface area (Å²) < 4.78 is 26.1. The molecule has 0 N–H and O–H groups in total. The third-order valence-corrected chi connectivity index (χ3v) is 5.39. The molecule has 5 heteroatoms. The summed E-state index contributed by atoms with van der Waals surface area (Å²) in [7, 11) is -3.33. The van der Waals surface area contributed by atoms with E-state index in [1.807, 2.05) is 19.1 Å². The van der Waals surface area contributed by atoms with Crippen LogP contribution in [0.3, 0.4) is 0 Å². The highest BCUT2D eigenvalue weighted by molar-refractivity contribution is 7.89. The van der Waals surface area contributed by atoms with E-state index in [1.165, 1.54) is 4.31 Å². The van der Waals surface area contributed by atoms with Crippen molar-refractivity contribution in [2.45, 2.75) is 30.0 Å². The molecule has 1 aliphatic heterocycles. The van der Waals surface area contributed by atoms with Gasteiger partial charge in [0.1, 0.15) is 0 Å². The Bertz CT molecular complexity index is 476. The monoisotopic (exact) mass is 273 g/mol. The van der Waals surface area contributed by atoms with Crippen molar-refractivity contribution < 1.29 is 8.42 Å². The van der Waals surface area contributed by atoms with Gasteiger partial charge in [0, 0.05) is 18.5 Å². The summed E-state index contributed by atoms with van der Waals surface area (Å²) >= 11 is 5.98. The molecule has 0 atom stereocenters. The molecule has 1 saturated heterocycles. The highest BCUT2D eigenvalue weighted by Gasteiger charge is 2.28. The van der Waals surface area contributed by atoms with Crippen LogP contribution in [0.1, 0.15) is 18.4 Å². The van der Waals surface area contributed by atoms with E-state index in [1.54, 1.807) is 12.1 Å². The molecule has 0 unspecified atom stereocenters. The highest BCUT2D eigenvalue weighted by Crippen LogP contribution is 2.23. The van der Waals surface area contributed by atoms with Crippen molar-refractivity contribution in [2.24, 2.45) is 0 Å². The van der Waals surface area contributed by atoms with Gasteiger partial charge in [-0.25, -0.2) is 8.42 Å². The number of halogens is 1. The Morgan fingerprint density at radius 2 is 1.71 bits per heavy atom. The van der Waals surface area contributed by atoms with Crippen LogP contribution in [0.4, 0.5) is 0 Å². The number of sulfonamides is 1. The van der Waals surface area contributed by atoms with Crippen molar-refractivity contribution in [3.63, 3.8) is 0 Å². The molecule has 0 amide bonds.